The highest BCUT2D eigenvalue weighted by molar-refractivity contribution is 7.98. The van der Waals surface area contributed by atoms with Crippen molar-refractivity contribution in [2.45, 2.75) is 23.4 Å². The highest BCUT2D eigenvalue weighted by Crippen LogP contribution is 2.26. The average molecular weight is 368 g/mol. The molecule has 132 valence electrons. The Morgan fingerprint density at radius 3 is 2.92 bits per heavy atom. The van der Waals surface area contributed by atoms with E-state index < -0.39 is 0 Å². The first kappa shape index (κ1) is 16.8. The van der Waals surface area contributed by atoms with Gasteiger partial charge in [0, 0.05) is 22.9 Å². The van der Waals surface area contributed by atoms with Crippen LogP contribution in [0.5, 0.6) is 0 Å². The van der Waals surface area contributed by atoms with Gasteiger partial charge in [-0.2, -0.15) is 0 Å². The number of fused-ring (bicyclic) bond motifs is 1. The molecule has 0 aliphatic heterocycles. The lowest BCUT2D eigenvalue weighted by Gasteiger charge is -2.05. The van der Waals surface area contributed by atoms with Crippen molar-refractivity contribution in [3.05, 3.63) is 77.6 Å². The second kappa shape index (κ2) is 7.31. The molecule has 0 aliphatic rings. The first-order chi connectivity index (χ1) is 12.7. The molecule has 0 fully saturated rings. The van der Waals surface area contributed by atoms with E-state index in [1.807, 2.05) is 30.5 Å². The summed E-state index contributed by atoms with van der Waals surface area (Å²) in [7, 11) is 0. The second-order valence-electron chi connectivity index (χ2n) is 5.99. The summed E-state index contributed by atoms with van der Waals surface area (Å²) in [6, 6.07) is 14.1. The minimum atomic E-state index is -0.384. The van der Waals surface area contributed by atoms with Crippen LogP contribution < -0.4 is 5.73 Å². The van der Waals surface area contributed by atoms with E-state index in [0.29, 0.717) is 23.3 Å². The maximum absolute atomic E-state index is 13.2. The van der Waals surface area contributed by atoms with Crippen molar-refractivity contribution in [1.82, 2.24) is 15.2 Å². The Balaban J connectivity index is 1.42. The number of para-hydroxylation sites is 1. The molecule has 7 heteroatoms. The van der Waals surface area contributed by atoms with Crippen LogP contribution >= 0.6 is 11.8 Å². The molecule has 0 saturated heterocycles. The zero-order valence-electron chi connectivity index (χ0n) is 13.9. The van der Waals surface area contributed by atoms with Crippen molar-refractivity contribution < 1.29 is 8.81 Å². The van der Waals surface area contributed by atoms with Gasteiger partial charge in [0.2, 0.25) is 5.89 Å². The Morgan fingerprint density at radius 1 is 1.15 bits per heavy atom. The molecule has 1 atom stereocenters. The summed E-state index contributed by atoms with van der Waals surface area (Å²) >= 11 is 1.36. The highest BCUT2D eigenvalue weighted by Gasteiger charge is 2.17. The van der Waals surface area contributed by atoms with E-state index in [1.165, 1.54) is 23.9 Å². The predicted molar refractivity (Wildman–Crippen MR) is 99.2 cm³/mol. The van der Waals surface area contributed by atoms with E-state index in [-0.39, 0.29) is 11.9 Å². The summed E-state index contributed by atoms with van der Waals surface area (Å²) < 4.78 is 18.9. The molecule has 0 amide bonds. The lowest BCUT2D eigenvalue weighted by atomic mass is 10.1. The van der Waals surface area contributed by atoms with E-state index >= 15 is 0 Å². The van der Waals surface area contributed by atoms with Gasteiger partial charge in [-0.15, -0.1) is 10.2 Å². The fraction of sp³-hybridized carbons (Fsp3) is 0.158. The van der Waals surface area contributed by atoms with Crippen LogP contribution in [0.4, 0.5) is 4.39 Å². The van der Waals surface area contributed by atoms with Crippen LogP contribution in [0.3, 0.4) is 0 Å². The van der Waals surface area contributed by atoms with E-state index in [2.05, 4.69) is 21.2 Å². The summed E-state index contributed by atoms with van der Waals surface area (Å²) in [4.78, 5) is 3.24. The molecule has 0 saturated carbocycles. The van der Waals surface area contributed by atoms with E-state index in [4.69, 9.17) is 10.2 Å². The second-order valence-corrected chi connectivity index (χ2v) is 6.92. The van der Waals surface area contributed by atoms with Crippen LogP contribution in [0.1, 0.15) is 23.1 Å². The van der Waals surface area contributed by atoms with Crippen molar-refractivity contribution >= 4 is 22.7 Å². The SMILES string of the molecule is N[C@@H](Cc1c[nH]c2ccccc12)c1nnc(SCc2cccc(F)c2)o1. The zero-order chi connectivity index (χ0) is 17.9. The lowest BCUT2D eigenvalue weighted by Crippen LogP contribution is -2.13. The smallest absolute Gasteiger partial charge is 0.276 e. The number of nitrogens with one attached hydrogen (secondary N) is 1. The van der Waals surface area contributed by atoms with Gasteiger partial charge in [-0.25, -0.2) is 4.39 Å². The Morgan fingerprint density at radius 2 is 2.04 bits per heavy atom. The molecule has 0 unspecified atom stereocenters. The van der Waals surface area contributed by atoms with Gasteiger partial charge in [-0.3, -0.25) is 0 Å². The van der Waals surface area contributed by atoms with Gasteiger partial charge >= 0.3 is 0 Å². The molecule has 0 bridgehead atoms. The molecule has 0 aliphatic carbocycles. The van der Waals surface area contributed by atoms with Crippen LogP contribution in [-0.2, 0) is 12.2 Å². The minimum absolute atomic E-state index is 0.255. The van der Waals surface area contributed by atoms with Gasteiger partial charge in [0.1, 0.15) is 5.82 Å². The van der Waals surface area contributed by atoms with Crippen LogP contribution in [0.25, 0.3) is 10.9 Å². The van der Waals surface area contributed by atoms with Gasteiger partial charge in [-0.05, 0) is 35.7 Å². The standard InChI is InChI=1S/C19H17FN4OS/c20-14-5-3-4-12(8-14)11-26-19-24-23-18(25-19)16(21)9-13-10-22-17-7-2-1-6-15(13)17/h1-8,10,16,22H,9,11,21H2/t16-/m0/s1. The third kappa shape index (κ3) is 3.63. The van der Waals surface area contributed by atoms with Crippen molar-refractivity contribution in [2.75, 3.05) is 0 Å². The monoisotopic (exact) mass is 368 g/mol. The summed E-state index contributed by atoms with van der Waals surface area (Å²) in [6.07, 6.45) is 2.56. The van der Waals surface area contributed by atoms with E-state index in [0.717, 1.165) is 22.0 Å². The molecular formula is C19H17FN4OS. The normalized spacial score (nSPS) is 12.5. The van der Waals surface area contributed by atoms with Gasteiger partial charge in [-0.1, -0.05) is 42.1 Å². The Labute approximate surface area is 153 Å². The molecule has 4 rings (SSSR count). The minimum Gasteiger partial charge on any atom is -0.414 e. The summed E-state index contributed by atoms with van der Waals surface area (Å²) in [5, 5.41) is 9.66. The molecule has 0 radical (unpaired) electrons. The summed E-state index contributed by atoms with van der Waals surface area (Å²) in [6.45, 7) is 0. The fourth-order valence-corrected chi connectivity index (χ4v) is 3.54. The third-order valence-electron chi connectivity index (χ3n) is 4.11. The number of aromatic amines is 1. The first-order valence-corrected chi connectivity index (χ1v) is 9.19. The topological polar surface area (TPSA) is 80.7 Å². The number of hydrogen-bond donors (Lipinski definition) is 2. The van der Waals surface area contributed by atoms with Crippen LogP contribution in [-0.4, -0.2) is 15.2 Å². The molecule has 26 heavy (non-hydrogen) atoms. The van der Waals surface area contributed by atoms with Gasteiger partial charge in [0.25, 0.3) is 5.22 Å². The molecule has 5 nitrogen and oxygen atoms in total. The fourth-order valence-electron chi connectivity index (χ4n) is 2.83. The van der Waals surface area contributed by atoms with E-state index in [1.54, 1.807) is 6.07 Å². The predicted octanol–water partition coefficient (Wildman–Crippen LogP) is 4.22. The first-order valence-electron chi connectivity index (χ1n) is 8.20. The summed E-state index contributed by atoms with van der Waals surface area (Å²) in [5.74, 6) is 0.698. The van der Waals surface area contributed by atoms with Crippen molar-refractivity contribution in [1.29, 1.82) is 0 Å². The van der Waals surface area contributed by atoms with E-state index in [9.17, 15) is 4.39 Å². The number of rotatable bonds is 6. The molecule has 2 aromatic heterocycles. The zero-order valence-corrected chi connectivity index (χ0v) is 14.7. The number of aromatic nitrogens is 3. The maximum atomic E-state index is 13.2. The molecule has 2 heterocycles. The number of thioether (sulfide) groups is 1. The quantitative estimate of drug-likeness (QED) is 0.498. The molecular weight excluding hydrogens is 351 g/mol. The average Bonchev–Trinajstić information content (AvgIpc) is 3.28. The molecule has 0 spiro atoms. The van der Waals surface area contributed by atoms with Gasteiger partial charge in [0.05, 0.1) is 6.04 Å². The number of hydrogen-bond acceptors (Lipinski definition) is 5. The number of nitrogens with zero attached hydrogens (tertiary/aromatic N) is 2. The van der Waals surface area contributed by atoms with Crippen LogP contribution in [0.2, 0.25) is 0 Å². The van der Waals surface area contributed by atoms with Crippen molar-refractivity contribution in [3.8, 4) is 0 Å². The Kier molecular flexibility index (Phi) is 4.73. The van der Waals surface area contributed by atoms with Crippen molar-refractivity contribution in [2.24, 2.45) is 5.73 Å². The lowest BCUT2D eigenvalue weighted by molar-refractivity contribution is 0.385. The molecule has 4 aromatic rings. The Hall–Kier alpha value is -2.64. The number of halogens is 1. The maximum Gasteiger partial charge on any atom is 0.276 e. The van der Waals surface area contributed by atoms with Crippen molar-refractivity contribution in [3.63, 3.8) is 0 Å². The third-order valence-corrected chi connectivity index (χ3v) is 4.99. The number of nitrogens with two attached hydrogens (primary N) is 1. The highest BCUT2D eigenvalue weighted by atomic mass is 32.2. The van der Waals surface area contributed by atoms with Crippen LogP contribution in [0, 0.1) is 5.82 Å². The summed E-state index contributed by atoms with van der Waals surface area (Å²) in [5.41, 5.74) is 9.29. The Bertz CT molecular complexity index is 1030. The van der Waals surface area contributed by atoms with Gasteiger partial charge < -0.3 is 15.1 Å². The van der Waals surface area contributed by atoms with Crippen LogP contribution in [0.15, 0.2) is 64.4 Å². The molecule has 3 N–H and O–H groups in total. The number of H-pyrrole nitrogens is 1. The largest absolute Gasteiger partial charge is 0.414 e. The molecule has 2 aromatic carbocycles. The number of benzene rings is 2. The van der Waals surface area contributed by atoms with Gasteiger partial charge in [0.15, 0.2) is 0 Å².